The van der Waals surface area contributed by atoms with Gasteiger partial charge in [-0.2, -0.15) is 0 Å². The molecule has 1 aliphatic carbocycles. The van der Waals surface area contributed by atoms with Gasteiger partial charge in [0.15, 0.2) is 0 Å². The summed E-state index contributed by atoms with van der Waals surface area (Å²) in [5.41, 5.74) is 1.58. The lowest BCUT2D eigenvalue weighted by Crippen LogP contribution is -2.43. The Morgan fingerprint density at radius 1 is 1.29 bits per heavy atom. The quantitative estimate of drug-likeness (QED) is 0.750. The van der Waals surface area contributed by atoms with Crippen LogP contribution in [0, 0.1) is 5.41 Å². The molecule has 1 aliphatic rings. The minimum atomic E-state index is 0.348. The van der Waals surface area contributed by atoms with Gasteiger partial charge in [0.2, 0.25) is 0 Å². The van der Waals surface area contributed by atoms with Gasteiger partial charge in [0.1, 0.15) is 5.75 Å². The summed E-state index contributed by atoms with van der Waals surface area (Å²) in [6.45, 7) is 6.83. The zero-order chi connectivity index (χ0) is 15.3. The molecule has 0 atom stereocenters. The molecule has 0 heterocycles. The molecule has 0 unspecified atom stereocenters. The Morgan fingerprint density at radius 3 is 2.57 bits per heavy atom. The first-order valence-corrected chi connectivity index (χ1v) is 8.21. The van der Waals surface area contributed by atoms with Crippen molar-refractivity contribution in [2.24, 2.45) is 5.41 Å². The maximum absolute atomic E-state index is 5.34. The second-order valence-electron chi connectivity index (χ2n) is 6.42. The molecule has 0 saturated heterocycles. The molecule has 0 amide bonds. The van der Waals surface area contributed by atoms with Crippen molar-refractivity contribution in [2.75, 3.05) is 32.1 Å². The van der Waals surface area contributed by atoms with Crippen molar-refractivity contribution in [2.45, 2.75) is 45.6 Å². The van der Waals surface area contributed by atoms with Crippen molar-refractivity contribution < 1.29 is 4.74 Å². The van der Waals surface area contributed by atoms with E-state index in [0.717, 1.165) is 24.9 Å². The van der Waals surface area contributed by atoms with Gasteiger partial charge < -0.3 is 15.0 Å². The average Bonchev–Trinajstić information content (AvgIpc) is 3.35. The fraction of sp³-hybridized carbons (Fsp3) is 0.667. The van der Waals surface area contributed by atoms with E-state index in [1.807, 2.05) is 6.07 Å². The number of nitrogens with one attached hydrogen (secondary N) is 1. The molecule has 2 rings (SSSR count). The van der Waals surface area contributed by atoms with Gasteiger partial charge in [-0.25, -0.2) is 0 Å². The maximum atomic E-state index is 5.34. The standard InChI is InChI=1S/C18H30N2O/c1-5-18(6-2,13-19-15-10-11-15)14-20(3)16-8-7-9-17(12-16)21-4/h7-9,12,15,19H,5-6,10-11,13-14H2,1-4H3. The monoisotopic (exact) mass is 290 g/mol. The lowest BCUT2D eigenvalue weighted by atomic mass is 9.81. The molecule has 0 spiro atoms. The topological polar surface area (TPSA) is 24.5 Å². The van der Waals surface area contributed by atoms with E-state index in [9.17, 15) is 0 Å². The Labute approximate surface area is 129 Å². The Balaban J connectivity index is 2.03. The molecular weight excluding hydrogens is 260 g/mol. The summed E-state index contributed by atoms with van der Waals surface area (Å²) in [6, 6.07) is 9.12. The summed E-state index contributed by atoms with van der Waals surface area (Å²) < 4.78 is 5.34. The van der Waals surface area contributed by atoms with Crippen LogP contribution in [0.4, 0.5) is 5.69 Å². The van der Waals surface area contributed by atoms with Gasteiger partial charge in [0.25, 0.3) is 0 Å². The number of ether oxygens (including phenoxy) is 1. The molecule has 0 radical (unpaired) electrons. The number of hydrogen-bond donors (Lipinski definition) is 1. The second-order valence-corrected chi connectivity index (χ2v) is 6.42. The van der Waals surface area contributed by atoms with Gasteiger partial charge in [-0.15, -0.1) is 0 Å². The molecule has 118 valence electrons. The van der Waals surface area contributed by atoms with Gasteiger partial charge in [0, 0.05) is 37.9 Å². The largest absolute Gasteiger partial charge is 0.497 e. The Morgan fingerprint density at radius 2 is 2.00 bits per heavy atom. The summed E-state index contributed by atoms with van der Waals surface area (Å²) >= 11 is 0. The number of rotatable bonds is 9. The van der Waals surface area contributed by atoms with Crippen LogP contribution in [0.5, 0.6) is 5.75 Å². The number of hydrogen-bond acceptors (Lipinski definition) is 3. The predicted octanol–water partition coefficient (Wildman–Crippen LogP) is 3.69. The van der Waals surface area contributed by atoms with Gasteiger partial charge in [-0.3, -0.25) is 0 Å². The van der Waals surface area contributed by atoms with Crippen LogP contribution in [0.3, 0.4) is 0 Å². The molecular formula is C18H30N2O. The molecule has 0 bridgehead atoms. The van der Waals surface area contributed by atoms with Crippen molar-refractivity contribution in [3.8, 4) is 5.75 Å². The van der Waals surface area contributed by atoms with Gasteiger partial charge in [0.05, 0.1) is 7.11 Å². The van der Waals surface area contributed by atoms with Gasteiger partial charge in [-0.1, -0.05) is 19.9 Å². The number of anilines is 1. The summed E-state index contributed by atoms with van der Waals surface area (Å²) in [7, 11) is 3.91. The van der Waals surface area contributed by atoms with E-state index in [1.54, 1.807) is 7.11 Å². The fourth-order valence-electron chi connectivity index (χ4n) is 2.87. The van der Waals surface area contributed by atoms with Crippen LogP contribution < -0.4 is 15.0 Å². The van der Waals surface area contributed by atoms with Gasteiger partial charge in [-0.05, 0) is 43.2 Å². The van der Waals surface area contributed by atoms with Crippen LogP contribution in [0.15, 0.2) is 24.3 Å². The molecule has 1 N–H and O–H groups in total. The minimum Gasteiger partial charge on any atom is -0.497 e. The highest BCUT2D eigenvalue weighted by Gasteiger charge is 2.31. The predicted molar refractivity (Wildman–Crippen MR) is 90.3 cm³/mol. The molecule has 21 heavy (non-hydrogen) atoms. The smallest absolute Gasteiger partial charge is 0.120 e. The highest BCUT2D eigenvalue weighted by molar-refractivity contribution is 5.50. The molecule has 1 fully saturated rings. The molecule has 1 saturated carbocycles. The zero-order valence-electron chi connectivity index (χ0n) is 14.0. The Kier molecular flexibility index (Phi) is 5.51. The van der Waals surface area contributed by atoms with Crippen molar-refractivity contribution in [1.29, 1.82) is 0 Å². The van der Waals surface area contributed by atoms with Gasteiger partial charge >= 0.3 is 0 Å². The Bertz CT molecular complexity index is 439. The normalized spacial score (nSPS) is 15.0. The third-order valence-corrected chi connectivity index (χ3v) is 4.91. The van der Waals surface area contributed by atoms with E-state index in [0.29, 0.717) is 5.41 Å². The van der Waals surface area contributed by atoms with E-state index < -0.39 is 0 Å². The second kappa shape index (κ2) is 7.17. The van der Waals surface area contributed by atoms with Crippen molar-refractivity contribution in [3.05, 3.63) is 24.3 Å². The number of methoxy groups -OCH3 is 1. The summed E-state index contributed by atoms with van der Waals surface area (Å²) in [5.74, 6) is 0.925. The average molecular weight is 290 g/mol. The minimum absolute atomic E-state index is 0.348. The molecule has 0 aliphatic heterocycles. The number of nitrogens with zero attached hydrogens (tertiary/aromatic N) is 1. The first kappa shape index (κ1) is 16.2. The summed E-state index contributed by atoms with van der Waals surface area (Å²) in [6.07, 6.45) is 5.12. The van der Waals surface area contributed by atoms with Crippen LogP contribution in [0.25, 0.3) is 0 Å². The van der Waals surface area contributed by atoms with Crippen molar-refractivity contribution in [1.82, 2.24) is 5.32 Å². The first-order chi connectivity index (χ1) is 10.1. The van der Waals surface area contributed by atoms with E-state index >= 15 is 0 Å². The van der Waals surface area contributed by atoms with Crippen LogP contribution in [-0.4, -0.2) is 33.3 Å². The third-order valence-electron chi connectivity index (χ3n) is 4.91. The van der Waals surface area contributed by atoms with Crippen LogP contribution >= 0.6 is 0 Å². The molecule has 0 aromatic heterocycles. The zero-order valence-corrected chi connectivity index (χ0v) is 14.0. The lowest BCUT2D eigenvalue weighted by molar-refractivity contribution is 0.254. The van der Waals surface area contributed by atoms with Crippen LogP contribution in [0.1, 0.15) is 39.5 Å². The lowest BCUT2D eigenvalue weighted by Gasteiger charge is -2.37. The highest BCUT2D eigenvalue weighted by Crippen LogP contribution is 2.31. The molecule has 1 aromatic rings. The molecule has 1 aromatic carbocycles. The van der Waals surface area contributed by atoms with Crippen molar-refractivity contribution in [3.63, 3.8) is 0 Å². The SMILES string of the molecule is CCC(CC)(CNC1CC1)CN(C)c1cccc(OC)c1. The molecule has 3 heteroatoms. The van der Waals surface area contributed by atoms with E-state index in [1.165, 1.54) is 31.4 Å². The van der Waals surface area contributed by atoms with E-state index in [2.05, 4.69) is 49.3 Å². The van der Waals surface area contributed by atoms with Crippen LogP contribution in [-0.2, 0) is 0 Å². The first-order valence-electron chi connectivity index (χ1n) is 8.21. The summed E-state index contributed by atoms with van der Waals surface area (Å²) in [4.78, 5) is 2.37. The highest BCUT2D eigenvalue weighted by atomic mass is 16.5. The van der Waals surface area contributed by atoms with E-state index in [-0.39, 0.29) is 0 Å². The van der Waals surface area contributed by atoms with Crippen LogP contribution in [0.2, 0.25) is 0 Å². The fourth-order valence-corrected chi connectivity index (χ4v) is 2.87. The Hall–Kier alpha value is -1.22. The van der Waals surface area contributed by atoms with E-state index in [4.69, 9.17) is 4.74 Å². The maximum Gasteiger partial charge on any atom is 0.120 e. The number of benzene rings is 1. The molecule has 3 nitrogen and oxygen atoms in total. The van der Waals surface area contributed by atoms with Crippen molar-refractivity contribution >= 4 is 5.69 Å². The summed E-state index contributed by atoms with van der Waals surface area (Å²) in [5, 5.41) is 3.73. The third kappa shape index (κ3) is 4.37.